The van der Waals surface area contributed by atoms with E-state index in [4.69, 9.17) is 11.6 Å². The molecule has 0 amide bonds. The highest BCUT2D eigenvalue weighted by Gasteiger charge is 2.06. The Balaban J connectivity index is 2.07. The average molecular weight is 250 g/mol. The number of halogens is 1. The smallest absolute Gasteiger partial charge is 0.137 e. The van der Waals surface area contributed by atoms with Crippen LogP contribution in [0.4, 0.5) is 0 Å². The van der Waals surface area contributed by atoms with Crippen LogP contribution in [0.15, 0.2) is 30.2 Å². The predicted octanol–water partition coefficient (Wildman–Crippen LogP) is 3.26. The summed E-state index contributed by atoms with van der Waals surface area (Å²) in [7, 11) is 0. The van der Waals surface area contributed by atoms with Crippen LogP contribution in [-0.4, -0.2) is 15.0 Å². The van der Waals surface area contributed by atoms with Crippen LogP contribution < -0.4 is 0 Å². The van der Waals surface area contributed by atoms with Crippen LogP contribution in [0.25, 0.3) is 11.0 Å². The van der Waals surface area contributed by atoms with Gasteiger partial charge in [-0.2, -0.15) is 0 Å². The molecule has 5 heteroatoms. The van der Waals surface area contributed by atoms with Gasteiger partial charge in [-0.05, 0) is 11.6 Å². The van der Waals surface area contributed by atoms with Crippen molar-refractivity contribution in [3.8, 4) is 0 Å². The first-order chi connectivity index (χ1) is 7.83. The first kappa shape index (κ1) is 9.81. The van der Waals surface area contributed by atoms with Crippen LogP contribution >= 0.6 is 22.9 Å². The summed E-state index contributed by atoms with van der Waals surface area (Å²) in [6.45, 7) is 0. The molecule has 3 nitrogen and oxygen atoms in total. The molecule has 0 radical (unpaired) electrons. The number of hydrogen-bond acceptors (Lipinski definition) is 3. The summed E-state index contributed by atoms with van der Waals surface area (Å²) in [6.07, 6.45) is 6.39. The standard InChI is InChI=1S/C11H8ClN3S/c12-8-2-10-7(1-9-5-13-6-16-9)3-14-11(10)15-4-8/h2-6H,1H2,(H,14,15). The normalized spacial score (nSPS) is 11.1. The van der Waals surface area contributed by atoms with Gasteiger partial charge < -0.3 is 4.98 Å². The Labute approximate surface area is 101 Å². The number of rotatable bonds is 2. The van der Waals surface area contributed by atoms with Crippen molar-refractivity contribution in [1.82, 2.24) is 15.0 Å². The fourth-order valence-electron chi connectivity index (χ4n) is 1.70. The number of nitrogens with zero attached hydrogens (tertiary/aromatic N) is 2. The molecule has 0 fully saturated rings. The molecule has 0 saturated heterocycles. The second-order valence-corrected chi connectivity index (χ2v) is 4.92. The summed E-state index contributed by atoms with van der Waals surface area (Å²) < 4.78 is 0. The first-order valence-electron chi connectivity index (χ1n) is 4.82. The number of aromatic nitrogens is 3. The minimum atomic E-state index is 0.664. The van der Waals surface area contributed by atoms with Crippen molar-refractivity contribution in [2.24, 2.45) is 0 Å². The van der Waals surface area contributed by atoms with E-state index in [1.54, 1.807) is 17.5 Å². The number of H-pyrrole nitrogens is 1. The average Bonchev–Trinajstić information content (AvgIpc) is 2.90. The van der Waals surface area contributed by atoms with E-state index in [9.17, 15) is 0 Å². The van der Waals surface area contributed by atoms with Crippen molar-refractivity contribution in [1.29, 1.82) is 0 Å². The number of hydrogen-bond donors (Lipinski definition) is 1. The SMILES string of the molecule is Clc1cnc2[nH]cc(Cc3cncs3)c2c1. The molecule has 3 rings (SSSR count). The van der Waals surface area contributed by atoms with Crippen LogP contribution in [-0.2, 0) is 6.42 Å². The molecule has 0 unspecified atom stereocenters. The van der Waals surface area contributed by atoms with Gasteiger partial charge in [0, 0.05) is 35.3 Å². The predicted molar refractivity (Wildman–Crippen MR) is 66.0 cm³/mol. The van der Waals surface area contributed by atoms with Crippen LogP contribution in [0.3, 0.4) is 0 Å². The maximum absolute atomic E-state index is 5.94. The fourth-order valence-corrected chi connectivity index (χ4v) is 2.47. The largest absolute Gasteiger partial charge is 0.346 e. The van der Waals surface area contributed by atoms with Gasteiger partial charge in [0.2, 0.25) is 0 Å². The van der Waals surface area contributed by atoms with Crippen molar-refractivity contribution in [3.63, 3.8) is 0 Å². The van der Waals surface area contributed by atoms with Crippen molar-refractivity contribution in [2.75, 3.05) is 0 Å². The lowest BCUT2D eigenvalue weighted by Crippen LogP contribution is -1.82. The molecule has 3 aromatic heterocycles. The minimum Gasteiger partial charge on any atom is -0.346 e. The number of nitrogens with one attached hydrogen (secondary N) is 1. The lowest BCUT2D eigenvalue weighted by molar-refractivity contribution is 1.23. The van der Waals surface area contributed by atoms with E-state index < -0.39 is 0 Å². The van der Waals surface area contributed by atoms with Gasteiger partial charge in [-0.3, -0.25) is 4.98 Å². The third-order valence-corrected chi connectivity index (χ3v) is 3.42. The quantitative estimate of drug-likeness (QED) is 0.757. The van der Waals surface area contributed by atoms with Crippen LogP contribution in [0, 0.1) is 0 Å². The molecule has 0 aromatic carbocycles. The Bertz CT molecular complexity index is 615. The highest BCUT2D eigenvalue weighted by molar-refractivity contribution is 7.09. The van der Waals surface area contributed by atoms with Gasteiger partial charge in [-0.1, -0.05) is 11.6 Å². The Hall–Kier alpha value is -1.39. The monoisotopic (exact) mass is 249 g/mol. The molecule has 0 aliphatic rings. The number of thiazole rings is 1. The lowest BCUT2D eigenvalue weighted by Gasteiger charge is -1.96. The van der Waals surface area contributed by atoms with Gasteiger partial charge in [0.05, 0.1) is 10.5 Å². The molecule has 3 heterocycles. The fraction of sp³-hybridized carbons (Fsp3) is 0.0909. The molecule has 80 valence electrons. The van der Waals surface area contributed by atoms with E-state index in [-0.39, 0.29) is 0 Å². The second kappa shape index (κ2) is 3.88. The van der Waals surface area contributed by atoms with Crippen LogP contribution in [0.2, 0.25) is 5.02 Å². The molecule has 0 spiro atoms. The molecule has 0 aliphatic carbocycles. The number of fused-ring (bicyclic) bond motifs is 1. The molecular weight excluding hydrogens is 242 g/mol. The Morgan fingerprint density at radius 1 is 1.38 bits per heavy atom. The summed E-state index contributed by atoms with van der Waals surface area (Å²) in [6, 6.07) is 1.94. The summed E-state index contributed by atoms with van der Waals surface area (Å²) in [4.78, 5) is 12.7. The third-order valence-electron chi connectivity index (χ3n) is 2.43. The number of aromatic amines is 1. The summed E-state index contributed by atoms with van der Waals surface area (Å²) >= 11 is 7.60. The maximum Gasteiger partial charge on any atom is 0.137 e. The van der Waals surface area contributed by atoms with Crippen molar-refractivity contribution in [3.05, 3.63) is 45.6 Å². The maximum atomic E-state index is 5.94. The Kier molecular flexibility index (Phi) is 2.38. The summed E-state index contributed by atoms with van der Waals surface area (Å²) in [5, 5.41) is 1.75. The van der Waals surface area contributed by atoms with Gasteiger partial charge in [-0.25, -0.2) is 4.98 Å². The van der Waals surface area contributed by atoms with E-state index in [1.165, 1.54) is 10.4 Å². The molecule has 1 N–H and O–H groups in total. The van der Waals surface area contributed by atoms with Gasteiger partial charge in [0.1, 0.15) is 5.65 Å². The van der Waals surface area contributed by atoms with Gasteiger partial charge in [0.25, 0.3) is 0 Å². The van der Waals surface area contributed by atoms with Gasteiger partial charge in [0.15, 0.2) is 0 Å². The van der Waals surface area contributed by atoms with E-state index in [1.807, 2.05) is 24.0 Å². The van der Waals surface area contributed by atoms with Gasteiger partial charge >= 0.3 is 0 Å². The van der Waals surface area contributed by atoms with Crippen LogP contribution in [0.1, 0.15) is 10.4 Å². The number of pyridine rings is 1. The van der Waals surface area contributed by atoms with Crippen molar-refractivity contribution >= 4 is 34.0 Å². The van der Waals surface area contributed by atoms with E-state index in [0.717, 1.165) is 17.5 Å². The van der Waals surface area contributed by atoms with Crippen molar-refractivity contribution in [2.45, 2.75) is 6.42 Å². The lowest BCUT2D eigenvalue weighted by atomic mass is 10.1. The molecule has 0 bridgehead atoms. The topological polar surface area (TPSA) is 41.6 Å². The molecule has 0 aliphatic heterocycles. The minimum absolute atomic E-state index is 0.664. The third kappa shape index (κ3) is 1.70. The summed E-state index contributed by atoms with van der Waals surface area (Å²) in [5.74, 6) is 0. The zero-order valence-electron chi connectivity index (χ0n) is 8.27. The van der Waals surface area contributed by atoms with E-state index in [2.05, 4.69) is 15.0 Å². The van der Waals surface area contributed by atoms with Crippen LogP contribution in [0.5, 0.6) is 0 Å². The van der Waals surface area contributed by atoms with Gasteiger partial charge in [-0.15, -0.1) is 11.3 Å². The first-order valence-corrected chi connectivity index (χ1v) is 6.07. The molecule has 0 atom stereocenters. The molecule has 16 heavy (non-hydrogen) atoms. The summed E-state index contributed by atoms with van der Waals surface area (Å²) in [5.41, 5.74) is 3.92. The zero-order chi connectivity index (χ0) is 11.0. The van der Waals surface area contributed by atoms with E-state index in [0.29, 0.717) is 5.02 Å². The Morgan fingerprint density at radius 3 is 3.12 bits per heavy atom. The van der Waals surface area contributed by atoms with Crippen molar-refractivity contribution < 1.29 is 0 Å². The highest BCUT2D eigenvalue weighted by Crippen LogP contribution is 2.23. The second-order valence-electron chi connectivity index (χ2n) is 3.51. The molecule has 0 saturated carbocycles. The highest BCUT2D eigenvalue weighted by atomic mass is 35.5. The zero-order valence-corrected chi connectivity index (χ0v) is 9.85. The molecule has 3 aromatic rings. The Morgan fingerprint density at radius 2 is 2.31 bits per heavy atom. The molecular formula is C11H8ClN3S. The van der Waals surface area contributed by atoms with E-state index >= 15 is 0 Å².